The van der Waals surface area contributed by atoms with E-state index in [-0.39, 0.29) is 62.5 Å². The number of halogens is 2. The van der Waals surface area contributed by atoms with Gasteiger partial charge in [-0.1, -0.05) is 47.5 Å². The number of likely N-dealkylation sites (tertiary alicyclic amines) is 2. The highest BCUT2D eigenvalue weighted by Crippen LogP contribution is 2.34. The summed E-state index contributed by atoms with van der Waals surface area (Å²) in [7, 11) is 2.54. The van der Waals surface area contributed by atoms with Crippen LogP contribution in [0.3, 0.4) is 0 Å². The topological polar surface area (TPSA) is 265 Å². The predicted molar refractivity (Wildman–Crippen MR) is 267 cm³/mol. The molecule has 0 radical (unpaired) electrons. The molecule has 2 fully saturated rings. The van der Waals surface area contributed by atoms with Crippen molar-refractivity contribution in [2.75, 3.05) is 40.5 Å². The van der Waals surface area contributed by atoms with Gasteiger partial charge in [-0.3, -0.25) is 19.2 Å². The molecule has 0 bridgehead atoms. The molecular formula is C50H66Cl2N8O12. The Morgan fingerprint density at radius 2 is 1.06 bits per heavy atom. The quantitative estimate of drug-likeness (QED) is 0.110. The number of hydrogen-bond donors (Lipinski definition) is 4. The fourth-order valence-electron chi connectivity index (χ4n) is 9.28. The van der Waals surface area contributed by atoms with Crippen LogP contribution in [0.15, 0.2) is 70.0 Å². The van der Waals surface area contributed by atoms with Crippen molar-refractivity contribution >= 4 is 70.6 Å². The maximum absolute atomic E-state index is 14.7. The van der Waals surface area contributed by atoms with Crippen molar-refractivity contribution in [2.24, 2.45) is 21.5 Å². The van der Waals surface area contributed by atoms with Crippen molar-refractivity contribution in [1.29, 1.82) is 0 Å². The summed E-state index contributed by atoms with van der Waals surface area (Å²) in [5.74, 6) is -2.70. The van der Waals surface area contributed by atoms with E-state index >= 15 is 0 Å². The Kier molecular flexibility index (Phi) is 18.2. The van der Waals surface area contributed by atoms with Crippen molar-refractivity contribution in [1.82, 2.24) is 20.4 Å². The molecule has 20 nitrogen and oxygen atoms in total. The first kappa shape index (κ1) is 55.4. The largest absolute Gasteiger partial charge is 0.489 e. The average Bonchev–Trinajstić information content (AvgIpc) is 4.19. The second kappa shape index (κ2) is 23.7. The van der Waals surface area contributed by atoms with Crippen LogP contribution in [-0.2, 0) is 70.0 Å². The zero-order valence-electron chi connectivity index (χ0n) is 41.9. The third-order valence-electron chi connectivity index (χ3n) is 13.2. The standard InChI is InChI=1S/C50H66Cl2N8O12/c1-27(53)41(61)55-39(45(63)59-19-11-17-37(59)43-57-49(25-69-43,47(65)67-7)23-33-13-9-15-35(51)21-33)31(5)71-29(3)30(4)72-32(6)40(56-42(62)28(2)54)46(64)60-20-12-18-38(60)44-58-50(26-70-44,48(66)68-8)24-34-14-10-16-36(52)22-34/h9-10,13-16,21-22,27-28,31-32,37-40H,11-12,17-20,23-26,53-54H2,1-8H3,(H,55,61)(H,56,62)/b30-29+/t27-,28-,31+,32+,37-,38-,39-,40-,49+,50+/m0/s1. The highest BCUT2D eigenvalue weighted by atomic mass is 35.5. The Bertz CT molecular complexity index is 2300. The number of nitrogens with two attached hydrogens (primary N) is 2. The summed E-state index contributed by atoms with van der Waals surface area (Å²) < 4.78 is 35.2. The number of nitrogens with one attached hydrogen (secondary N) is 2. The Morgan fingerprint density at radius 3 is 1.39 bits per heavy atom. The van der Waals surface area contributed by atoms with Gasteiger partial charge in [-0.25, -0.2) is 19.6 Å². The Balaban J connectivity index is 1.20. The number of nitrogens with zero attached hydrogens (tertiary/aromatic N) is 4. The van der Waals surface area contributed by atoms with E-state index < -0.39 is 95.1 Å². The van der Waals surface area contributed by atoms with E-state index in [9.17, 15) is 28.8 Å². The van der Waals surface area contributed by atoms with Gasteiger partial charge in [0.15, 0.2) is 11.1 Å². The first-order valence-corrected chi connectivity index (χ1v) is 24.7. The molecule has 0 spiro atoms. The van der Waals surface area contributed by atoms with Crippen molar-refractivity contribution in [3.05, 3.63) is 81.2 Å². The molecule has 4 heterocycles. The van der Waals surface area contributed by atoms with E-state index in [1.165, 1.54) is 28.1 Å². The highest BCUT2D eigenvalue weighted by molar-refractivity contribution is 6.31. The molecule has 6 rings (SSSR count). The lowest BCUT2D eigenvalue weighted by atomic mass is 9.92. The van der Waals surface area contributed by atoms with Crippen molar-refractivity contribution in [2.45, 2.75) is 140 Å². The van der Waals surface area contributed by atoms with Gasteiger partial charge >= 0.3 is 11.9 Å². The van der Waals surface area contributed by atoms with Gasteiger partial charge in [0.25, 0.3) is 0 Å². The molecule has 2 saturated heterocycles. The van der Waals surface area contributed by atoms with E-state index in [1.807, 2.05) is 12.1 Å². The Labute approximate surface area is 429 Å². The summed E-state index contributed by atoms with van der Waals surface area (Å²) in [5.41, 5.74) is 10.6. The van der Waals surface area contributed by atoms with Gasteiger partial charge in [0, 0.05) is 36.0 Å². The second-order valence-electron chi connectivity index (χ2n) is 18.8. The molecule has 0 unspecified atom stereocenters. The number of benzene rings is 2. The fraction of sp³-hybridized carbons (Fsp3) is 0.560. The molecule has 2 aromatic carbocycles. The number of aliphatic imine (C=N–C) groups is 2. The molecule has 0 saturated carbocycles. The van der Waals surface area contributed by atoms with Crippen LogP contribution in [0.5, 0.6) is 0 Å². The van der Waals surface area contributed by atoms with Gasteiger partial charge in [0.05, 0.1) is 26.3 Å². The number of allylic oxidation sites excluding steroid dienone is 2. The molecular weight excluding hydrogens is 975 g/mol. The lowest BCUT2D eigenvalue weighted by molar-refractivity contribution is -0.148. The van der Waals surface area contributed by atoms with Crippen molar-refractivity contribution in [3.8, 4) is 0 Å². The van der Waals surface area contributed by atoms with Gasteiger partial charge in [0.2, 0.25) is 35.4 Å². The number of esters is 2. The summed E-state index contributed by atoms with van der Waals surface area (Å²) in [6.45, 7) is 9.69. The molecule has 4 aliphatic rings. The molecule has 72 heavy (non-hydrogen) atoms. The summed E-state index contributed by atoms with van der Waals surface area (Å²) in [6, 6.07) is 8.21. The van der Waals surface area contributed by atoms with Gasteiger partial charge < -0.3 is 60.3 Å². The molecule has 22 heteroatoms. The number of ether oxygens (including phenoxy) is 6. The number of carbonyl (C=O) groups excluding carboxylic acids is 6. The number of hydrogen-bond acceptors (Lipinski definition) is 16. The third-order valence-corrected chi connectivity index (χ3v) is 13.7. The minimum Gasteiger partial charge on any atom is -0.489 e. The van der Waals surface area contributed by atoms with E-state index in [1.54, 1.807) is 73.9 Å². The van der Waals surface area contributed by atoms with Crippen LogP contribution in [0.4, 0.5) is 0 Å². The SMILES string of the molecule is COC(=O)[C@@]1(Cc2cccc(Cl)c2)COC([C@@H]2CCCN2C(=O)[C@@H](NC(=O)[C@H](C)N)[C@@H](C)O/C(C)=C(\C)O[C@H](C)[C@H](NC(=O)[C@H](C)N)C(=O)N2CCC[C@H]2C2=N[C@@](Cc3cccc(Cl)c3)(C(=O)OC)CO2)=N1. The van der Waals surface area contributed by atoms with Crippen LogP contribution in [0.1, 0.15) is 78.4 Å². The zero-order chi connectivity index (χ0) is 52.7. The minimum atomic E-state index is -1.43. The summed E-state index contributed by atoms with van der Waals surface area (Å²) in [5, 5.41) is 6.48. The minimum absolute atomic E-state index is 0.126. The van der Waals surface area contributed by atoms with E-state index in [4.69, 9.17) is 73.1 Å². The first-order valence-electron chi connectivity index (χ1n) is 24.0. The molecule has 0 aromatic heterocycles. The molecule has 0 aliphatic carbocycles. The fourth-order valence-corrected chi connectivity index (χ4v) is 9.71. The monoisotopic (exact) mass is 1040 g/mol. The Hall–Kier alpha value is -5.96. The van der Waals surface area contributed by atoms with E-state index in [0.29, 0.717) is 35.7 Å². The van der Waals surface area contributed by atoms with Gasteiger partial charge in [-0.15, -0.1) is 0 Å². The maximum atomic E-state index is 14.7. The first-order chi connectivity index (χ1) is 34.1. The third kappa shape index (κ3) is 12.6. The molecule has 4 aliphatic heterocycles. The van der Waals surface area contributed by atoms with Gasteiger partial charge in [-0.05, 0) is 103 Å². The van der Waals surface area contributed by atoms with E-state index in [2.05, 4.69) is 10.6 Å². The summed E-state index contributed by atoms with van der Waals surface area (Å²) >= 11 is 12.5. The number of amides is 4. The summed E-state index contributed by atoms with van der Waals surface area (Å²) in [6.07, 6.45) is 0.285. The lowest BCUT2D eigenvalue weighted by Crippen LogP contribution is -2.58. The highest BCUT2D eigenvalue weighted by Gasteiger charge is 2.51. The van der Waals surface area contributed by atoms with Crippen LogP contribution in [0.25, 0.3) is 0 Å². The average molecular weight is 1040 g/mol. The van der Waals surface area contributed by atoms with Crippen molar-refractivity contribution < 1.29 is 57.2 Å². The second-order valence-corrected chi connectivity index (χ2v) is 19.7. The smallest absolute Gasteiger partial charge is 0.337 e. The lowest BCUT2D eigenvalue weighted by Gasteiger charge is -2.33. The number of methoxy groups -OCH3 is 2. The molecule has 392 valence electrons. The molecule has 2 aromatic rings. The van der Waals surface area contributed by atoms with Crippen molar-refractivity contribution in [3.63, 3.8) is 0 Å². The summed E-state index contributed by atoms with van der Waals surface area (Å²) in [4.78, 5) is 95.0. The predicted octanol–water partition coefficient (Wildman–Crippen LogP) is 3.17. The molecule has 6 N–H and O–H groups in total. The maximum Gasteiger partial charge on any atom is 0.337 e. The Morgan fingerprint density at radius 1 is 0.681 bits per heavy atom. The van der Waals surface area contributed by atoms with Gasteiger partial charge in [-0.2, -0.15) is 0 Å². The van der Waals surface area contributed by atoms with Crippen LogP contribution in [-0.4, -0.2) is 157 Å². The number of rotatable bonds is 20. The normalized spacial score (nSPS) is 24.4. The van der Waals surface area contributed by atoms with Crippen LogP contribution >= 0.6 is 23.2 Å². The van der Waals surface area contributed by atoms with Crippen LogP contribution < -0.4 is 22.1 Å². The molecule has 4 amide bonds. The van der Waals surface area contributed by atoms with E-state index in [0.717, 1.165) is 11.1 Å². The van der Waals surface area contributed by atoms with Crippen LogP contribution in [0, 0.1) is 0 Å². The number of carbonyl (C=O) groups is 6. The molecule has 10 atom stereocenters. The zero-order valence-corrected chi connectivity index (χ0v) is 43.4. The van der Waals surface area contributed by atoms with Crippen LogP contribution in [0.2, 0.25) is 10.0 Å². The van der Waals surface area contributed by atoms with Gasteiger partial charge in [0.1, 0.15) is 61.1 Å².